The molecule has 0 radical (unpaired) electrons. The quantitative estimate of drug-likeness (QED) is 0.835. The monoisotopic (exact) mass is 292 g/mol. The minimum Gasteiger partial charge on any atom is -0.308 e. The van der Waals surface area contributed by atoms with Crippen LogP contribution in [0.4, 0.5) is 0 Å². The van der Waals surface area contributed by atoms with Gasteiger partial charge in [-0.05, 0) is 37.5 Å². The van der Waals surface area contributed by atoms with Crippen molar-refractivity contribution in [3.63, 3.8) is 0 Å². The molecule has 2 unspecified atom stereocenters. The standard InChI is InChI=1S/C19H36N2/c1-3-16(2)14-21-15-19(11-7-8-12-19)20-13-18(21)17-9-5-4-6-10-17/h16-18,20H,3-15H2,1-2H3. The molecule has 0 amide bonds. The predicted molar refractivity (Wildman–Crippen MR) is 90.6 cm³/mol. The zero-order valence-corrected chi connectivity index (χ0v) is 14.4. The average molecular weight is 293 g/mol. The molecular formula is C19H36N2. The summed E-state index contributed by atoms with van der Waals surface area (Å²) < 4.78 is 0. The Balaban J connectivity index is 1.68. The summed E-state index contributed by atoms with van der Waals surface area (Å²) in [4.78, 5) is 2.92. The topological polar surface area (TPSA) is 15.3 Å². The molecule has 0 aromatic heterocycles. The van der Waals surface area contributed by atoms with E-state index >= 15 is 0 Å². The second kappa shape index (κ2) is 7.00. The highest BCUT2D eigenvalue weighted by molar-refractivity contribution is 5.02. The molecule has 1 N–H and O–H groups in total. The molecular weight excluding hydrogens is 256 g/mol. The molecule has 122 valence electrons. The first-order valence-electron chi connectivity index (χ1n) is 9.71. The molecule has 1 heterocycles. The summed E-state index contributed by atoms with van der Waals surface area (Å²) in [6.45, 7) is 8.73. The van der Waals surface area contributed by atoms with Crippen molar-refractivity contribution in [3.05, 3.63) is 0 Å². The van der Waals surface area contributed by atoms with Crippen molar-refractivity contribution in [2.75, 3.05) is 19.6 Å². The molecule has 3 rings (SSSR count). The van der Waals surface area contributed by atoms with Crippen molar-refractivity contribution in [2.24, 2.45) is 11.8 Å². The normalized spacial score (nSPS) is 32.6. The van der Waals surface area contributed by atoms with E-state index in [0.717, 1.165) is 17.9 Å². The third kappa shape index (κ3) is 3.64. The first-order chi connectivity index (χ1) is 10.2. The highest BCUT2D eigenvalue weighted by Gasteiger charge is 2.43. The summed E-state index contributed by atoms with van der Waals surface area (Å²) in [6.07, 6.45) is 14.4. The van der Waals surface area contributed by atoms with Gasteiger partial charge in [0.15, 0.2) is 0 Å². The summed E-state index contributed by atoms with van der Waals surface area (Å²) >= 11 is 0. The molecule has 0 aromatic carbocycles. The van der Waals surface area contributed by atoms with Gasteiger partial charge >= 0.3 is 0 Å². The molecule has 3 aliphatic rings. The van der Waals surface area contributed by atoms with E-state index in [1.807, 2.05) is 0 Å². The van der Waals surface area contributed by atoms with Crippen molar-refractivity contribution in [1.29, 1.82) is 0 Å². The van der Waals surface area contributed by atoms with Crippen LogP contribution in [-0.2, 0) is 0 Å². The van der Waals surface area contributed by atoms with E-state index in [1.54, 1.807) is 0 Å². The van der Waals surface area contributed by atoms with Crippen LogP contribution in [0, 0.1) is 11.8 Å². The molecule has 21 heavy (non-hydrogen) atoms. The molecule has 2 saturated carbocycles. The van der Waals surface area contributed by atoms with E-state index in [4.69, 9.17) is 0 Å². The Labute approximate surface area is 132 Å². The lowest BCUT2D eigenvalue weighted by molar-refractivity contribution is 0.0279. The van der Waals surface area contributed by atoms with Gasteiger partial charge in [0.25, 0.3) is 0 Å². The van der Waals surface area contributed by atoms with Crippen molar-refractivity contribution in [2.45, 2.75) is 89.6 Å². The van der Waals surface area contributed by atoms with Gasteiger partial charge in [-0.15, -0.1) is 0 Å². The fourth-order valence-electron chi connectivity index (χ4n) is 5.11. The van der Waals surface area contributed by atoms with Gasteiger partial charge in [0.05, 0.1) is 0 Å². The van der Waals surface area contributed by atoms with Crippen molar-refractivity contribution < 1.29 is 0 Å². The summed E-state index contributed by atoms with van der Waals surface area (Å²) in [7, 11) is 0. The Kier molecular flexibility index (Phi) is 5.27. The molecule has 0 bridgehead atoms. The summed E-state index contributed by atoms with van der Waals surface area (Å²) in [5, 5.41) is 4.02. The van der Waals surface area contributed by atoms with E-state index in [1.165, 1.54) is 83.8 Å². The minimum atomic E-state index is 0.485. The van der Waals surface area contributed by atoms with Gasteiger partial charge < -0.3 is 5.32 Å². The van der Waals surface area contributed by atoms with Crippen LogP contribution in [0.25, 0.3) is 0 Å². The van der Waals surface area contributed by atoms with Gasteiger partial charge in [-0.3, -0.25) is 4.90 Å². The average Bonchev–Trinajstić information content (AvgIpc) is 2.96. The van der Waals surface area contributed by atoms with Crippen LogP contribution in [0.2, 0.25) is 0 Å². The summed E-state index contributed by atoms with van der Waals surface area (Å²) in [5.41, 5.74) is 0.485. The van der Waals surface area contributed by atoms with Crippen LogP contribution in [0.5, 0.6) is 0 Å². The summed E-state index contributed by atoms with van der Waals surface area (Å²) in [5.74, 6) is 1.82. The maximum atomic E-state index is 4.02. The highest BCUT2D eigenvalue weighted by Crippen LogP contribution is 2.37. The van der Waals surface area contributed by atoms with Gasteiger partial charge in [0.1, 0.15) is 0 Å². The maximum absolute atomic E-state index is 4.02. The molecule has 3 fully saturated rings. The lowest BCUT2D eigenvalue weighted by Crippen LogP contribution is -2.65. The summed E-state index contributed by atoms with van der Waals surface area (Å²) in [6, 6.07) is 0.825. The van der Waals surface area contributed by atoms with Gasteiger partial charge in [-0.2, -0.15) is 0 Å². The van der Waals surface area contributed by atoms with E-state index in [9.17, 15) is 0 Å². The van der Waals surface area contributed by atoms with Crippen LogP contribution in [0.1, 0.15) is 78.1 Å². The molecule has 1 saturated heterocycles. The van der Waals surface area contributed by atoms with Gasteiger partial charge in [0, 0.05) is 31.2 Å². The third-order valence-electron chi connectivity index (χ3n) is 6.66. The fourth-order valence-corrected chi connectivity index (χ4v) is 5.11. The van der Waals surface area contributed by atoms with Gasteiger partial charge in [-0.25, -0.2) is 0 Å². The third-order valence-corrected chi connectivity index (χ3v) is 6.66. The Hall–Kier alpha value is -0.0800. The Morgan fingerprint density at radius 2 is 1.81 bits per heavy atom. The zero-order chi connectivity index (χ0) is 14.7. The smallest absolute Gasteiger partial charge is 0.0309 e. The van der Waals surface area contributed by atoms with Gasteiger partial charge in [0.2, 0.25) is 0 Å². The van der Waals surface area contributed by atoms with E-state index in [2.05, 4.69) is 24.1 Å². The number of rotatable bonds is 4. The van der Waals surface area contributed by atoms with E-state index in [0.29, 0.717) is 5.54 Å². The second-order valence-electron chi connectivity index (χ2n) is 8.28. The Morgan fingerprint density at radius 1 is 1.10 bits per heavy atom. The SMILES string of the molecule is CCC(C)CN1CC2(CCCC2)NCC1C1CCCCC1. The second-order valence-corrected chi connectivity index (χ2v) is 8.28. The van der Waals surface area contributed by atoms with Crippen LogP contribution < -0.4 is 5.32 Å². The largest absolute Gasteiger partial charge is 0.308 e. The van der Waals surface area contributed by atoms with E-state index < -0.39 is 0 Å². The number of piperazine rings is 1. The number of hydrogen-bond donors (Lipinski definition) is 1. The molecule has 0 aromatic rings. The molecule has 1 aliphatic heterocycles. The van der Waals surface area contributed by atoms with Crippen molar-refractivity contribution >= 4 is 0 Å². The molecule has 2 atom stereocenters. The van der Waals surface area contributed by atoms with Crippen molar-refractivity contribution in [3.8, 4) is 0 Å². The molecule has 2 aliphatic carbocycles. The van der Waals surface area contributed by atoms with Gasteiger partial charge in [-0.1, -0.05) is 52.4 Å². The van der Waals surface area contributed by atoms with Crippen LogP contribution in [-0.4, -0.2) is 36.1 Å². The van der Waals surface area contributed by atoms with Crippen LogP contribution >= 0.6 is 0 Å². The van der Waals surface area contributed by atoms with Crippen molar-refractivity contribution in [1.82, 2.24) is 10.2 Å². The number of nitrogens with one attached hydrogen (secondary N) is 1. The molecule has 2 heteroatoms. The predicted octanol–water partition coefficient (Wildman–Crippen LogP) is 4.20. The molecule has 2 nitrogen and oxygen atoms in total. The highest BCUT2D eigenvalue weighted by atomic mass is 15.3. The lowest BCUT2D eigenvalue weighted by Gasteiger charge is -2.50. The first-order valence-corrected chi connectivity index (χ1v) is 9.71. The Bertz CT molecular complexity index is 316. The maximum Gasteiger partial charge on any atom is 0.0309 e. The minimum absolute atomic E-state index is 0.485. The zero-order valence-electron chi connectivity index (χ0n) is 14.4. The van der Waals surface area contributed by atoms with E-state index in [-0.39, 0.29) is 0 Å². The number of hydrogen-bond acceptors (Lipinski definition) is 2. The lowest BCUT2D eigenvalue weighted by atomic mass is 9.80. The van der Waals surface area contributed by atoms with Crippen LogP contribution in [0.15, 0.2) is 0 Å². The first kappa shape index (κ1) is 15.8. The Morgan fingerprint density at radius 3 is 2.48 bits per heavy atom. The fraction of sp³-hybridized carbons (Fsp3) is 1.00. The van der Waals surface area contributed by atoms with Crippen LogP contribution in [0.3, 0.4) is 0 Å². The number of nitrogens with zero attached hydrogens (tertiary/aromatic N) is 1. The molecule has 1 spiro atoms.